The van der Waals surface area contributed by atoms with Gasteiger partial charge in [-0.25, -0.2) is 9.78 Å². The number of nitrogens with zero attached hydrogens (tertiary/aromatic N) is 2. The summed E-state index contributed by atoms with van der Waals surface area (Å²) in [6.07, 6.45) is 6.80. The van der Waals surface area contributed by atoms with E-state index < -0.39 is 5.97 Å². The van der Waals surface area contributed by atoms with Gasteiger partial charge in [-0.05, 0) is 79.0 Å². The van der Waals surface area contributed by atoms with Gasteiger partial charge in [-0.3, -0.25) is 9.59 Å². The molecule has 7 nitrogen and oxygen atoms in total. The van der Waals surface area contributed by atoms with Gasteiger partial charge >= 0.3 is 5.97 Å². The third-order valence-corrected chi connectivity index (χ3v) is 10.0. The molecule has 1 amide bonds. The van der Waals surface area contributed by atoms with Crippen LogP contribution in [-0.2, 0) is 17.8 Å². The van der Waals surface area contributed by atoms with Gasteiger partial charge in [0, 0.05) is 36.2 Å². The van der Waals surface area contributed by atoms with Crippen LogP contribution < -0.4 is 5.32 Å². The van der Waals surface area contributed by atoms with Crippen LogP contribution in [0, 0.1) is 18.8 Å². The van der Waals surface area contributed by atoms with Crippen LogP contribution in [0.1, 0.15) is 97.0 Å². The van der Waals surface area contributed by atoms with E-state index in [4.69, 9.17) is 4.98 Å². The lowest BCUT2D eigenvalue weighted by Gasteiger charge is -2.21. The van der Waals surface area contributed by atoms with Crippen LogP contribution in [-0.4, -0.2) is 43.4 Å². The molecule has 0 aliphatic heterocycles. The van der Waals surface area contributed by atoms with E-state index in [9.17, 15) is 19.5 Å². The summed E-state index contributed by atoms with van der Waals surface area (Å²) < 4.78 is 2.20. The first-order valence-corrected chi connectivity index (χ1v) is 17.5. The van der Waals surface area contributed by atoms with Crippen LogP contribution in [0.5, 0.6) is 0 Å². The van der Waals surface area contributed by atoms with Crippen molar-refractivity contribution in [3.05, 3.63) is 88.7 Å². The van der Waals surface area contributed by atoms with Gasteiger partial charge in [0.25, 0.3) is 5.91 Å². The number of carboxylic acids is 1. The molecule has 1 aliphatic carbocycles. The van der Waals surface area contributed by atoms with E-state index in [1.165, 1.54) is 11.8 Å². The molecular formula is C38H45N3O4S. The molecule has 1 saturated carbocycles. The minimum atomic E-state index is -0.948. The second-order valence-electron chi connectivity index (χ2n) is 13.0. The third kappa shape index (κ3) is 7.89. The van der Waals surface area contributed by atoms with Crippen LogP contribution in [0.4, 0.5) is 0 Å². The highest BCUT2D eigenvalue weighted by Crippen LogP contribution is 2.30. The third-order valence-electron chi connectivity index (χ3n) is 8.83. The van der Waals surface area contributed by atoms with Gasteiger partial charge < -0.3 is 15.0 Å². The second-order valence-corrected chi connectivity index (χ2v) is 14.0. The van der Waals surface area contributed by atoms with Crippen molar-refractivity contribution in [2.45, 2.75) is 85.2 Å². The van der Waals surface area contributed by atoms with Gasteiger partial charge in [-0.2, -0.15) is 0 Å². The van der Waals surface area contributed by atoms with Gasteiger partial charge in [-0.1, -0.05) is 87.8 Å². The highest BCUT2D eigenvalue weighted by molar-refractivity contribution is 8.13. The highest BCUT2D eigenvalue weighted by Gasteiger charge is 2.25. The monoisotopic (exact) mass is 639 g/mol. The molecular weight excluding hydrogens is 595 g/mol. The molecule has 46 heavy (non-hydrogen) atoms. The number of hydrogen-bond acceptors (Lipinski definition) is 5. The van der Waals surface area contributed by atoms with Gasteiger partial charge in [0.05, 0.1) is 16.6 Å². The lowest BCUT2D eigenvalue weighted by molar-refractivity contribution is -0.114. The number of benzene rings is 3. The maximum Gasteiger partial charge on any atom is 0.336 e. The summed E-state index contributed by atoms with van der Waals surface area (Å²) in [5.41, 5.74) is 6.22. The summed E-state index contributed by atoms with van der Waals surface area (Å²) in [6, 6.07) is 18.8. The number of thioether (sulfide) groups is 1. The zero-order valence-corrected chi connectivity index (χ0v) is 28.2. The number of aryl methyl sites for hydroxylation is 2. The molecule has 0 spiro atoms. The summed E-state index contributed by atoms with van der Waals surface area (Å²) in [4.78, 5) is 43.2. The van der Waals surface area contributed by atoms with Gasteiger partial charge in [0.2, 0.25) is 0 Å². The number of carbonyl (C=O) groups is 3. The van der Waals surface area contributed by atoms with Crippen molar-refractivity contribution in [3.8, 4) is 11.1 Å². The molecule has 0 saturated heterocycles. The number of nitrogens with one attached hydrogen (secondary N) is 1. The first kappa shape index (κ1) is 33.5. The summed E-state index contributed by atoms with van der Waals surface area (Å²) in [6.45, 7) is 9.00. The molecule has 4 aromatic rings. The lowest BCUT2D eigenvalue weighted by Crippen LogP contribution is -2.38. The Hall–Kier alpha value is -3.91. The van der Waals surface area contributed by atoms with E-state index in [-0.39, 0.29) is 28.5 Å². The van der Waals surface area contributed by atoms with E-state index in [1.807, 2.05) is 55.5 Å². The average Bonchev–Trinajstić information content (AvgIpc) is 3.69. The Morgan fingerprint density at radius 1 is 1.04 bits per heavy atom. The number of aromatic nitrogens is 2. The van der Waals surface area contributed by atoms with Crippen molar-refractivity contribution in [2.75, 3.05) is 5.75 Å². The van der Waals surface area contributed by atoms with Crippen LogP contribution in [0.25, 0.3) is 22.2 Å². The number of hydrogen-bond donors (Lipinski definition) is 2. The minimum Gasteiger partial charge on any atom is -0.478 e. The van der Waals surface area contributed by atoms with E-state index in [0.717, 1.165) is 78.5 Å². The molecule has 1 aromatic heterocycles. The van der Waals surface area contributed by atoms with E-state index in [0.29, 0.717) is 29.3 Å². The van der Waals surface area contributed by atoms with Crippen LogP contribution in [0.3, 0.4) is 0 Å². The number of carboxylic acid groups (broad SMARTS) is 1. The first-order chi connectivity index (χ1) is 22.1. The molecule has 3 aromatic carbocycles. The Labute approximate surface area is 276 Å². The fraction of sp³-hybridized carbons (Fsp3) is 0.421. The summed E-state index contributed by atoms with van der Waals surface area (Å²) >= 11 is 1.38. The predicted octanol–water partition coefficient (Wildman–Crippen LogP) is 8.31. The molecule has 2 N–H and O–H groups in total. The van der Waals surface area contributed by atoms with E-state index in [2.05, 4.69) is 30.7 Å². The lowest BCUT2D eigenvalue weighted by atomic mass is 9.98. The van der Waals surface area contributed by atoms with Gasteiger partial charge in [-0.15, -0.1) is 0 Å². The molecule has 0 bridgehead atoms. The number of imidazole rings is 1. The van der Waals surface area contributed by atoms with Crippen LogP contribution in [0.2, 0.25) is 0 Å². The first-order valence-electron chi connectivity index (χ1n) is 16.5. The zero-order valence-electron chi connectivity index (χ0n) is 27.3. The van der Waals surface area contributed by atoms with Gasteiger partial charge in [0.15, 0.2) is 5.12 Å². The Kier molecular flexibility index (Phi) is 11.0. The van der Waals surface area contributed by atoms with E-state index >= 15 is 0 Å². The summed E-state index contributed by atoms with van der Waals surface area (Å²) in [7, 11) is 0. The largest absolute Gasteiger partial charge is 0.478 e. The number of rotatable bonds is 13. The quantitative estimate of drug-likeness (QED) is 0.153. The molecule has 242 valence electrons. The molecule has 8 heteroatoms. The number of amides is 1. The SMILES string of the molecule is CCCc1nc2c(C)cc(C(=O)N[C@@H](CSC(=O)C3CCCC3)CC(C)C)cc2n1Cc1ccc(-c2ccccc2C(=O)O)cc1. The normalized spacial score (nSPS) is 14.2. The number of fused-ring (bicyclic) bond motifs is 1. The van der Waals surface area contributed by atoms with Crippen molar-refractivity contribution >= 4 is 39.8 Å². The maximum absolute atomic E-state index is 13.7. The van der Waals surface area contributed by atoms with Crippen LogP contribution >= 0.6 is 11.8 Å². The summed E-state index contributed by atoms with van der Waals surface area (Å²) in [5.74, 6) is 1.04. The standard InChI is InChI=1S/C38H45N3O4S/c1-5-10-34-40-35-25(4)20-29(36(42)39-30(19-24(2)3)23-46-38(45)28-11-6-7-12-28)21-33(35)41(34)22-26-15-17-27(18-16-26)31-13-8-9-14-32(31)37(43)44/h8-9,13-18,20-21,24,28,30H,5-7,10-12,19,22-23H2,1-4H3,(H,39,42)(H,43,44)/t30-/m1/s1. The molecule has 0 unspecified atom stereocenters. The fourth-order valence-corrected chi connectivity index (χ4v) is 7.58. The zero-order chi connectivity index (χ0) is 32.8. The smallest absolute Gasteiger partial charge is 0.336 e. The Balaban J connectivity index is 1.39. The van der Waals surface area contributed by atoms with Crippen molar-refractivity contribution in [3.63, 3.8) is 0 Å². The Morgan fingerprint density at radius 2 is 1.76 bits per heavy atom. The summed E-state index contributed by atoms with van der Waals surface area (Å²) in [5, 5.41) is 13.2. The fourth-order valence-electron chi connectivity index (χ4n) is 6.52. The topological polar surface area (TPSA) is 101 Å². The van der Waals surface area contributed by atoms with Crippen LogP contribution in [0.15, 0.2) is 60.7 Å². The highest BCUT2D eigenvalue weighted by atomic mass is 32.2. The maximum atomic E-state index is 13.7. The number of carbonyl (C=O) groups excluding carboxylic acids is 2. The van der Waals surface area contributed by atoms with Gasteiger partial charge in [0.1, 0.15) is 5.82 Å². The van der Waals surface area contributed by atoms with Crippen molar-refractivity contribution in [2.24, 2.45) is 11.8 Å². The average molecular weight is 640 g/mol. The second kappa shape index (κ2) is 15.1. The molecule has 5 rings (SSSR count). The molecule has 1 heterocycles. The minimum absolute atomic E-state index is 0.0933. The Bertz CT molecular complexity index is 1700. The van der Waals surface area contributed by atoms with Crippen molar-refractivity contribution in [1.29, 1.82) is 0 Å². The Morgan fingerprint density at radius 3 is 2.43 bits per heavy atom. The van der Waals surface area contributed by atoms with E-state index in [1.54, 1.807) is 12.1 Å². The molecule has 0 radical (unpaired) electrons. The number of aromatic carboxylic acids is 1. The molecule has 1 atom stereocenters. The molecule has 1 fully saturated rings. The van der Waals surface area contributed by atoms with Crippen molar-refractivity contribution in [1.82, 2.24) is 14.9 Å². The predicted molar refractivity (Wildman–Crippen MR) is 187 cm³/mol. The van der Waals surface area contributed by atoms with Crippen molar-refractivity contribution < 1.29 is 19.5 Å². The molecule has 1 aliphatic rings.